The summed E-state index contributed by atoms with van der Waals surface area (Å²) in [7, 11) is 0. The van der Waals surface area contributed by atoms with Crippen LogP contribution in [0.1, 0.15) is 90.4 Å². The molecule has 0 heterocycles. The number of benzene rings is 1. The summed E-state index contributed by atoms with van der Waals surface area (Å²) in [5.74, 6) is 3.31. The van der Waals surface area contributed by atoms with E-state index in [1.54, 1.807) is 12.1 Å². The molecule has 27 heavy (non-hydrogen) atoms. The molecule has 2 heteroatoms. The quantitative estimate of drug-likeness (QED) is 0.337. The van der Waals surface area contributed by atoms with E-state index in [1.807, 2.05) is 18.2 Å². The van der Waals surface area contributed by atoms with E-state index in [0.717, 1.165) is 24.2 Å². The number of hydrogen-bond acceptors (Lipinski definition) is 2. The Morgan fingerprint density at radius 2 is 1.26 bits per heavy atom. The van der Waals surface area contributed by atoms with Gasteiger partial charge >= 0.3 is 5.97 Å². The van der Waals surface area contributed by atoms with Gasteiger partial charge in [-0.05, 0) is 67.4 Å². The maximum atomic E-state index is 12.0. The first-order valence-electron chi connectivity index (χ1n) is 11.0. The van der Waals surface area contributed by atoms with Gasteiger partial charge in [0.15, 0.2) is 0 Å². The van der Waals surface area contributed by atoms with E-state index < -0.39 is 0 Å². The first-order chi connectivity index (χ1) is 12.8. The zero-order chi connectivity index (χ0) is 20.2. The van der Waals surface area contributed by atoms with Gasteiger partial charge in [0.25, 0.3) is 0 Å². The van der Waals surface area contributed by atoms with E-state index in [0.29, 0.717) is 24.0 Å². The van der Waals surface area contributed by atoms with Crippen LogP contribution in [0.25, 0.3) is 0 Å². The molecule has 0 amide bonds. The van der Waals surface area contributed by atoms with Gasteiger partial charge < -0.3 is 4.74 Å². The van der Waals surface area contributed by atoms with E-state index in [-0.39, 0.29) is 5.97 Å². The molecule has 0 aromatic heterocycles. The lowest BCUT2D eigenvalue weighted by atomic mass is 9.83. The lowest BCUT2D eigenvalue weighted by molar-refractivity contribution is 0.0431. The van der Waals surface area contributed by atoms with Crippen LogP contribution in [-0.2, 0) is 4.74 Å². The molecule has 0 saturated heterocycles. The number of carbonyl (C=O) groups is 1. The summed E-state index contributed by atoms with van der Waals surface area (Å²) < 4.78 is 5.49. The Hall–Kier alpha value is -1.31. The van der Waals surface area contributed by atoms with Crippen molar-refractivity contribution in [2.45, 2.75) is 80.1 Å². The third-order valence-corrected chi connectivity index (χ3v) is 5.51. The molecule has 0 bridgehead atoms. The second-order valence-electron chi connectivity index (χ2n) is 9.22. The molecule has 0 aliphatic heterocycles. The molecule has 0 aliphatic carbocycles. The number of hydrogen-bond donors (Lipinski definition) is 0. The predicted molar refractivity (Wildman–Crippen MR) is 116 cm³/mol. The van der Waals surface area contributed by atoms with E-state index in [1.165, 1.54) is 32.1 Å². The molecule has 0 radical (unpaired) electrons. The Balaban J connectivity index is 2.25. The predicted octanol–water partition coefficient (Wildman–Crippen LogP) is 7.38. The van der Waals surface area contributed by atoms with Gasteiger partial charge in [0.2, 0.25) is 0 Å². The summed E-state index contributed by atoms with van der Waals surface area (Å²) in [4.78, 5) is 12.0. The van der Waals surface area contributed by atoms with Crippen molar-refractivity contribution in [1.82, 2.24) is 0 Å². The van der Waals surface area contributed by atoms with Crippen LogP contribution in [0.3, 0.4) is 0 Å². The topological polar surface area (TPSA) is 26.3 Å². The molecule has 154 valence electrons. The Morgan fingerprint density at radius 3 is 1.78 bits per heavy atom. The van der Waals surface area contributed by atoms with Crippen LogP contribution in [0.4, 0.5) is 0 Å². The van der Waals surface area contributed by atoms with Crippen LogP contribution in [-0.4, -0.2) is 12.6 Å². The van der Waals surface area contributed by atoms with Crippen molar-refractivity contribution >= 4 is 5.97 Å². The zero-order valence-electron chi connectivity index (χ0n) is 18.5. The van der Waals surface area contributed by atoms with E-state index in [4.69, 9.17) is 4.74 Å². The van der Waals surface area contributed by atoms with Crippen molar-refractivity contribution in [3.8, 4) is 0 Å². The van der Waals surface area contributed by atoms with Gasteiger partial charge in [-0.25, -0.2) is 4.79 Å². The van der Waals surface area contributed by atoms with Crippen molar-refractivity contribution < 1.29 is 9.53 Å². The second kappa shape index (κ2) is 13.0. The summed E-state index contributed by atoms with van der Waals surface area (Å²) >= 11 is 0. The highest BCUT2D eigenvalue weighted by Gasteiger charge is 2.17. The molecule has 0 saturated carbocycles. The molecule has 0 spiro atoms. The minimum atomic E-state index is -0.210. The molecule has 1 aromatic carbocycles. The SMILES string of the molecule is CCCC(C)CC(C)CC(C)CC(C)CC(C)COC(=O)c1ccccc1. The average molecular weight is 375 g/mol. The highest BCUT2D eigenvalue weighted by atomic mass is 16.5. The summed E-state index contributed by atoms with van der Waals surface area (Å²) in [6, 6.07) is 9.26. The van der Waals surface area contributed by atoms with Gasteiger partial charge in [-0.3, -0.25) is 0 Å². The first kappa shape index (κ1) is 23.7. The number of carbonyl (C=O) groups excluding carboxylic acids is 1. The summed E-state index contributed by atoms with van der Waals surface area (Å²) in [6.07, 6.45) is 7.73. The molecule has 0 aliphatic rings. The van der Waals surface area contributed by atoms with Crippen molar-refractivity contribution in [1.29, 1.82) is 0 Å². The fraction of sp³-hybridized carbons (Fsp3) is 0.720. The van der Waals surface area contributed by atoms with Crippen LogP contribution < -0.4 is 0 Å². The fourth-order valence-corrected chi connectivity index (χ4v) is 4.59. The standard InChI is InChI=1S/C25H42O2/c1-7-11-19(2)14-20(3)15-21(4)16-22(5)17-23(6)18-27-25(26)24-12-9-8-10-13-24/h8-10,12-13,19-23H,7,11,14-18H2,1-6H3. The lowest BCUT2D eigenvalue weighted by Crippen LogP contribution is -2.16. The average Bonchev–Trinajstić information content (AvgIpc) is 2.60. The highest BCUT2D eigenvalue weighted by molar-refractivity contribution is 5.89. The van der Waals surface area contributed by atoms with Gasteiger partial charge in [0.05, 0.1) is 12.2 Å². The summed E-state index contributed by atoms with van der Waals surface area (Å²) in [5.41, 5.74) is 0.637. The Bertz CT molecular complexity index is 510. The molecular weight excluding hydrogens is 332 g/mol. The van der Waals surface area contributed by atoms with Gasteiger partial charge in [0, 0.05) is 0 Å². The van der Waals surface area contributed by atoms with E-state index in [9.17, 15) is 4.79 Å². The smallest absolute Gasteiger partial charge is 0.338 e. The van der Waals surface area contributed by atoms with Crippen molar-refractivity contribution in [2.75, 3.05) is 6.61 Å². The second-order valence-corrected chi connectivity index (χ2v) is 9.22. The van der Waals surface area contributed by atoms with Gasteiger partial charge in [-0.15, -0.1) is 0 Å². The van der Waals surface area contributed by atoms with Gasteiger partial charge in [-0.1, -0.05) is 72.6 Å². The zero-order valence-corrected chi connectivity index (χ0v) is 18.5. The van der Waals surface area contributed by atoms with Gasteiger partial charge in [-0.2, -0.15) is 0 Å². The van der Waals surface area contributed by atoms with Crippen molar-refractivity contribution in [3.63, 3.8) is 0 Å². The van der Waals surface area contributed by atoms with Crippen molar-refractivity contribution in [2.24, 2.45) is 29.6 Å². The Labute approximate surface area is 168 Å². The monoisotopic (exact) mass is 374 g/mol. The molecule has 5 unspecified atom stereocenters. The number of esters is 1. The fourth-order valence-electron chi connectivity index (χ4n) is 4.59. The van der Waals surface area contributed by atoms with Crippen LogP contribution in [0, 0.1) is 29.6 Å². The first-order valence-corrected chi connectivity index (χ1v) is 11.0. The third kappa shape index (κ3) is 10.6. The van der Waals surface area contributed by atoms with Gasteiger partial charge in [0.1, 0.15) is 0 Å². The van der Waals surface area contributed by atoms with Crippen LogP contribution in [0.15, 0.2) is 30.3 Å². The number of ether oxygens (including phenoxy) is 1. The van der Waals surface area contributed by atoms with Crippen LogP contribution in [0.5, 0.6) is 0 Å². The van der Waals surface area contributed by atoms with Crippen LogP contribution >= 0.6 is 0 Å². The molecule has 0 fully saturated rings. The molecular formula is C25H42O2. The van der Waals surface area contributed by atoms with E-state index >= 15 is 0 Å². The number of rotatable bonds is 13. The highest BCUT2D eigenvalue weighted by Crippen LogP contribution is 2.27. The third-order valence-electron chi connectivity index (χ3n) is 5.51. The molecule has 5 atom stereocenters. The Morgan fingerprint density at radius 1 is 0.778 bits per heavy atom. The maximum absolute atomic E-state index is 12.0. The van der Waals surface area contributed by atoms with Crippen LogP contribution in [0.2, 0.25) is 0 Å². The molecule has 1 aromatic rings. The maximum Gasteiger partial charge on any atom is 0.338 e. The van der Waals surface area contributed by atoms with Crippen molar-refractivity contribution in [3.05, 3.63) is 35.9 Å². The Kier molecular flexibility index (Phi) is 11.4. The summed E-state index contributed by atoms with van der Waals surface area (Å²) in [5, 5.41) is 0. The largest absolute Gasteiger partial charge is 0.462 e. The minimum absolute atomic E-state index is 0.210. The molecule has 1 rings (SSSR count). The minimum Gasteiger partial charge on any atom is -0.462 e. The molecule has 2 nitrogen and oxygen atoms in total. The molecule has 0 N–H and O–H groups in total. The normalized spacial score (nSPS) is 17.0. The summed E-state index contributed by atoms with van der Waals surface area (Å²) in [6.45, 7) is 14.5. The lowest BCUT2D eigenvalue weighted by Gasteiger charge is -2.24. The van der Waals surface area contributed by atoms with E-state index in [2.05, 4.69) is 41.5 Å².